The van der Waals surface area contributed by atoms with Gasteiger partial charge in [-0.25, -0.2) is 0 Å². The lowest BCUT2D eigenvalue weighted by Crippen LogP contribution is -2.47. The monoisotopic (exact) mass is 1230 g/mol. The zero-order valence-electron chi connectivity index (χ0n) is 51.2. The Kier molecular flexibility index (Phi) is 49.9. The van der Waals surface area contributed by atoms with E-state index in [0.717, 1.165) is 0 Å². The average Bonchev–Trinajstić information content (AvgIpc) is 3.54. The molecule has 0 aromatic rings. The topological polar surface area (TPSA) is 524 Å². The van der Waals surface area contributed by atoms with Crippen molar-refractivity contribution in [2.75, 3.05) is 151 Å². The molecule has 0 heterocycles. The van der Waals surface area contributed by atoms with E-state index in [9.17, 15) is 47.9 Å². The van der Waals surface area contributed by atoms with E-state index in [1.807, 2.05) is 16.7 Å². The van der Waals surface area contributed by atoms with Crippen LogP contribution in [0.4, 0.5) is 0 Å². The normalized spacial score (nSPS) is 12.9. The third kappa shape index (κ3) is 46.4. The van der Waals surface area contributed by atoms with Gasteiger partial charge in [0.25, 0.3) is 0 Å². The van der Waals surface area contributed by atoms with Crippen molar-refractivity contribution >= 4 is 59.2 Å². The van der Waals surface area contributed by atoms with E-state index < -0.39 is 36.1 Å². The molecular formula is C54H110N20O12. The zero-order chi connectivity index (χ0) is 64.2. The van der Waals surface area contributed by atoms with Crippen LogP contribution in [0.5, 0.6) is 0 Å². The molecule has 0 spiro atoms. The molecule has 0 fully saturated rings. The summed E-state index contributed by atoms with van der Waals surface area (Å²) in [5, 5.41) is 28.3. The highest BCUT2D eigenvalue weighted by atomic mass is 16.5. The molecule has 0 aliphatic carbocycles. The molecule has 32 nitrogen and oxygen atoms in total. The van der Waals surface area contributed by atoms with Crippen molar-refractivity contribution in [1.82, 2.24) is 63.0 Å². The van der Waals surface area contributed by atoms with E-state index in [1.54, 1.807) is 0 Å². The molecule has 0 rings (SSSR count). The zero-order valence-corrected chi connectivity index (χ0v) is 51.2. The molecule has 86 heavy (non-hydrogen) atoms. The Morgan fingerprint density at radius 2 is 0.686 bits per heavy atom. The molecule has 26 N–H and O–H groups in total. The molecule has 0 aliphatic heterocycles. The Morgan fingerprint density at radius 3 is 1.03 bits per heavy atom. The molecule has 0 aromatic carbocycles. The van der Waals surface area contributed by atoms with Crippen molar-refractivity contribution in [3.8, 4) is 0 Å². The number of nitrogens with zero attached hydrogens (tertiary/aromatic N) is 2. The van der Waals surface area contributed by atoms with Crippen LogP contribution in [0.3, 0.4) is 0 Å². The minimum atomic E-state index is -0.658. The fourth-order valence-corrected chi connectivity index (χ4v) is 8.02. The van der Waals surface area contributed by atoms with Gasteiger partial charge in [0.15, 0.2) is 0 Å². The van der Waals surface area contributed by atoms with Crippen LogP contribution in [0, 0.1) is 0 Å². The van der Waals surface area contributed by atoms with Gasteiger partial charge in [0, 0.05) is 104 Å². The van der Waals surface area contributed by atoms with Gasteiger partial charge in [-0.2, -0.15) is 0 Å². The molecule has 498 valence electrons. The summed E-state index contributed by atoms with van der Waals surface area (Å²) in [6, 6.07) is -2.82. The molecule has 0 aliphatic rings. The van der Waals surface area contributed by atoms with Gasteiger partial charge < -0.3 is 109 Å². The molecule has 0 bridgehead atoms. The van der Waals surface area contributed by atoms with Gasteiger partial charge in [-0.1, -0.05) is 0 Å². The van der Waals surface area contributed by atoms with Crippen LogP contribution in [-0.4, -0.2) is 250 Å². The first-order chi connectivity index (χ1) is 41.3. The van der Waals surface area contributed by atoms with Crippen LogP contribution in [-0.2, 0) is 57.4 Å². The Hall–Kier alpha value is -5.78. The second-order valence-corrected chi connectivity index (χ2v) is 20.8. The van der Waals surface area contributed by atoms with E-state index in [0.29, 0.717) is 182 Å². The minimum absolute atomic E-state index is 0.00739. The standard InChI is InChI=1S/C54H110N20O12/c1-40(72-46(76)14-16-50(80)86-37-29-67-48(78)39-64-23-31-74(34-26-70-53(83)43(61)11-6-19-57)35-27-71-54(84)44(62)12-7-20-58)8-2-3-21-65-45(75)13-15-49(79)85-36-28-66-47(77)38-63-22-30-73(32-24-68-51(81)41(59)9-4-17-55)33-25-69-52(82)42(60)10-5-18-56/h40-44,63-64H,2-39,55-62H2,1H3,(H,65,75)(H,66,77)(H,67,78)(H,68,81)(H,69,82)(H,70,83)(H,71,84)(H,72,76). The number of ether oxygens (including phenoxy) is 2. The van der Waals surface area contributed by atoms with Crippen molar-refractivity contribution < 1.29 is 57.4 Å². The van der Waals surface area contributed by atoms with Gasteiger partial charge in [-0.15, -0.1) is 0 Å². The van der Waals surface area contributed by atoms with Crippen LogP contribution in [0.2, 0.25) is 0 Å². The maximum atomic E-state index is 12.5. The number of hydrogen-bond acceptors (Lipinski definition) is 24. The van der Waals surface area contributed by atoms with Crippen LogP contribution < -0.4 is 99.0 Å². The predicted molar refractivity (Wildman–Crippen MR) is 327 cm³/mol. The smallest absolute Gasteiger partial charge is 0.306 e. The van der Waals surface area contributed by atoms with E-state index in [-0.39, 0.29) is 118 Å². The number of carbonyl (C=O) groups excluding carboxylic acids is 10. The maximum Gasteiger partial charge on any atom is 0.306 e. The summed E-state index contributed by atoms with van der Waals surface area (Å²) in [4.78, 5) is 127. The molecular weight excluding hydrogens is 1120 g/mol. The van der Waals surface area contributed by atoms with Crippen molar-refractivity contribution in [3.63, 3.8) is 0 Å². The van der Waals surface area contributed by atoms with Crippen LogP contribution in [0.25, 0.3) is 0 Å². The number of carbonyl (C=O) groups is 10. The summed E-state index contributed by atoms with van der Waals surface area (Å²) in [5.41, 5.74) is 45.8. The number of esters is 2. The van der Waals surface area contributed by atoms with E-state index >= 15 is 0 Å². The Bertz CT molecular complexity index is 1850. The first-order valence-electron chi connectivity index (χ1n) is 30.5. The van der Waals surface area contributed by atoms with Crippen molar-refractivity contribution in [1.29, 1.82) is 0 Å². The van der Waals surface area contributed by atoms with Crippen molar-refractivity contribution in [2.24, 2.45) is 45.9 Å². The molecule has 32 heteroatoms. The summed E-state index contributed by atoms with van der Waals surface area (Å²) in [5.74, 6) is -3.56. The largest absolute Gasteiger partial charge is 0.464 e. The SMILES string of the molecule is CC(CCCCNC(=O)CCC(=O)OCCNC(=O)CNCCN(CCNC(=O)C(N)CCCN)CCNC(=O)C(N)CCCN)NC(=O)CCC(=O)OCCNC(=O)CNCCN(CCNC(=O)C(N)CCCN)CCNC(=O)C(N)CCCN. The van der Waals surface area contributed by atoms with E-state index in [4.69, 9.17) is 55.3 Å². The summed E-state index contributed by atoms with van der Waals surface area (Å²) >= 11 is 0. The third-order valence-electron chi connectivity index (χ3n) is 13.2. The van der Waals surface area contributed by atoms with Gasteiger partial charge in [0.2, 0.25) is 47.3 Å². The summed E-state index contributed by atoms with van der Waals surface area (Å²) in [6.07, 6.45) is 5.94. The Morgan fingerprint density at radius 1 is 0.360 bits per heavy atom. The second kappa shape index (κ2) is 53.5. The van der Waals surface area contributed by atoms with Gasteiger partial charge in [0.05, 0.1) is 63.2 Å². The molecule has 0 aromatic heterocycles. The summed E-state index contributed by atoms with van der Waals surface area (Å²) in [7, 11) is 0. The highest BCUT2D eigenvalue weighted by molar-refractivity contribution is 5.84. The average molecular weight is 1230 g/mol. The number of amides is 8. The number of nitrogens with two attached hydrogens (primary N) is 8. The van der Waals surface area contributed by atoms with Crippen LogP contribution in [0.15, 0.2) is 0 Å². The summed E-state index contributed by atoms with van der Waals surface area (Å²) in [6.45, 7) is 8.88. The quantitative estimate of drug-likeness (QED) is 0.0199. The lowest BCUT2D eigenvalue weighted by atomic mass is 10.1. The Labute approximate surface area is 508 Å². The summed E-state index contributed by atoms with van der Waals surface area (Å²) < 4.78 is 10.3. The lowest BCUT2D eigenvalue weighted by molar-refractivity contribution is -0.145. The first kappa shape index (κ1) is 80.2. The van der Waals surface area contributed by atoms with E-state index in [1.165, 1.54) is 0 Å². The highest BCUT2D eigenvalue weighted by Gasteiger charge is 2.19. The molecule has 0 saturated heterocycles. The predicted octanol–water partition coefficient (Wildman–Crippen LogP) is -7.83. The Balaban J connectivity index is 4.30. The molecule has 5 atom stereocenters. The first-order valence-corrected chi connectivity index (χ1v) is 30.5. The highest BCUT2D eigenvalue weighted by Crippen LogP contribution is 2.03. The maximum absolute atomic E-state index is 12.5. The number of hydrogen-bond donors (Lipinski definition) is 18. The fourth-order valence-electron chi connectivity index (χ4n) is 8.02. The van der Waals surface area contributed by atoms with Crippen molar-refractivity contribution in [3.05, 3.63) is 0 Å². The van der Waals surface area contributed by atoms with Crippen LogP contribution >= 0.6 is 0 Å². The lowest BCUT2D eigenvalue weighted by Gasteiger charge is -2.24. The minimum Gasteiger partial charge on any atom is -0.464 e. The van der Waals surface area contributed by atoms with E-state index in [2.05, 4.69) is 53.2 Å². The third-order valence-corrected chi connectivity index (χ3v) is 13.2. The fraction of sp³-hybridized carbons (Fsp3) is 0.815. The molecule has 0 radical (unpaired) electrons. The number of rotatable bonds is 56. The molecule has 0 saturated carbocycles. The molecule has 8 amide bonds. The van der Waals surface area contributed by atoms with Crippen molar-refractivity contribution in [2.45, 2.75) is 133 Å². The van der Waals surface area contributed by atoms with Gasteiger partial charge in [-0.05, 0) is 104 Å². The second-order valence-electron chi connectivity index (χ2n) is 20.8. The van der Waals surface area contributed by atoms with Gasteiger partial charge >= 0.3 is 11.9 Å². The molecule has 5 unspecified atom stereocenters. The van der Waals surface area contributed by atoms with Crippen LogP contribution in [0.1, 0.15) is 103 Å². The van der Waals surface area contributed by atoms with Gasteiger partial charge in [0.1, 0.15) is 13.2 Å². The number of unbranched alkanes of at least 4 members (excludes halogenated alkanes) is 1. The van der Waals surface area contributed by atoms with Gasteiger partial charge in [-0.3, -0.25) is 57.7 Å². The number of nitrogens with one attached hydrogen (secondary N) is 10.